The first-order valence-corrected chi connectivity index (χ1v) is 8.10. The molecule has 1 aliphatic rings. The Morgan fingerprint density at radius 1 is 1.05 bits per heavy atom. The lowest BCUT2D eigenvalue weighted by molar-refractivity contribution is 0.427. The van der Waals surface area contributed by atoms with E-state index in [4.69, 9.17) is 11.6 Å². The van der Waals surface area contributed by atoms with Crippen molar-refractivity contribution >= 4 is 11.6 Å². The highest BCUT2D eigenvalue weighted by molar-refractivity contribution is 6.31. The van der Waals surface area contributed by atoms with E-state index in [-0.39, 0.29) is 6.04 Å². The van der Waals surface area contributed by atoms with Crippen molar-refractivity contribution in [2.24, 2.45) is 5.92 Å². The lowest BCUT2D eigenvalue weighted by atomic mass is 9.98. The van der Waals surface area contributed by atoms with Crippen LogP contribution in [0.4, 0.5) is 0 Å². The number of halogens is 1. The van der Waals surface area contributed by atoms with Gasteiger partial charge in [0.1, 0.15) is 0 Å². The summed E-state index contributed by atoms with van der Waals surface area (Å²) >= 11 is 6.32. The summed E-state index contributed by atoms with van der Waals surface area (Å²) in [5, 5.41) is 4.63. The molecule has 1 saturated carbocycles. The SMILES string of the molecule is Cc1ccc(C(NC(C)c2ccccc2Cl)C2CC2)cc1. The smallest absolute Gasteiger partial charge is 0.0453 e. The monoisotopic (exact) mass is 299 g/mol. The lowest BCUT2D eigenvalue weighted by Gasteiger charge is -2.25. The van der Waals surface area contributed by atoms with Crippen LogP contribution in [-0.2, 0) is 0 Å². The summed E-state index contributed by atoms with van der Waals surface area (Å²) in [6.07, 6.45) is 2.64. The Morgan fingerprint density at radius 3 is 2.33 bits per heavy atom. The van der Waals surface area contributed by atoms with Gasteiger partial charge in [0.2, 0.25) is 0 Å². The van der Waals surface area contributed by atoms with Gasteiger partial charge < -0.3 is 5.32 Å². The molecule has 2 aromatic carbocycles. The normalized spacial score (nSPS) is 17.5. The molecule has 2 heteroatoms. The Labute approximate surface area is 132 Å². The maximum Gasteiger partial charge on any atom is 0.0453 e. The van der Waals surface area contributed by atoms with E-state index < -0.39 is 0 Å². The number of nitrogens with one attached hydrogen (secondary N) is 1. The lowest BCUT2D eigenvalue weighted by Crippen LogP contribution is -2.26. The Balaban J connectivity index is 1.79. The molecule has 1 fully saturated rings. The zero-order valence-corrected chi connectivity index (χ0v) is 13.4. The first kappa shape index (κ1) is 14.6. The van der Waals surface area contributed by atoms with Crippen LogP contribution in [-0.4, -0.2) is 0 Å². The average molecular weight is 300 g/mol. The van der Waals surface area contributed by atoms with Gasteiger partial charge in [0.15, 0.2) is 0 Å². The molecule has 0 saturated heterocycles. The van der Waals surface area contributed by atoms with Crippen LogP contribution >= 0.6 is 11.6 Å². The quantitative estimate of drug-likeness (QED) is 0.774. The fourth-order valence-corrected chi connectivity index (χ4v) is 3.19. The van der Waals surface area contributed by atoms with Crippen molar-refractivity contribution in [1.29, 1.82) is 0 Å². The molecule has 3 rings (SSSR count). The summed E-state index contributed by atoms with van der Waals surface area (Å²) in [6, 6.07) is 17.7. The van der Waals surface area contributed by atoms with Gasteiger partial charge in [-0.05, 0) is 49.8 Å². The zero-order chi connectivity index (χ0) is 14.8. The molecule has 2 atom stereocenters. The Bertz CT molecular complexity index is 601. The molecule has 1 aliphatic carbocycles. The number of rotatable bonds is 5. The molecule has 110 valence electrons. The third kappa shape index (κ3) is 3.48. The molecule has 0 heterocycles. The highest BCUT2D eigenvalue weighted by atomic mass is 35.5. The first-order chi connectivity index (χ1) is 10.1. The van der Waals surface area contributed by atoms with Crippen LogP contribution in [0.3, 0.4) is 0 Å². The van der Waals surface area contributed by atoms with Crippen molar-refractivity contribution in [3.8, 4) is 0 Å². The molecule has 0 aromatic heterocycles. The van der Waals surface area contributed by atoms with E-state index >= 15 is 0 Å². The van der Waals surface area contributed by atoms with E-state index in [1.165, 1.54) is 29.5 Å². The highest BCUT2D eigenvalue weighted by Gasteiger charge is 2.33. The standard InChI is InChI=1S/C19H22ClN/c1-13-7-9-15(10-8-13)19(16-11-12-16)21-14(2)17-5-3-4-6-18(17)20/h3-10,14,16,19,21H,11-12H2,1-2H3. The number of benzene rings is 2. The first-order valence-electron chi connectivity index (χ1n) is 7.72. The van der Waals surface area contributed by atoms with Crippen molar-refractivity contribution in [2.75, 3.05) is 0 Å². The Kier molecular flexibility index (Phi) is 4.32. The van der Waals surface area contributed by atoms with Crippen molar-refractivity contribution in [3.05, 3.63) is 70.2 Å². The van der Waals surface area contributed by atoms with E-state index in [1.807, 2.05) is 12.1 Å². The van der Waals surface area contributed by atoms with Crippen LogP contribution in [0.1, 0.15) is 48.5 Å². The van der Waals surface area contributed by atoms with Crippen LogP contribution in [0, 0.1) is 12.8 Å². The number of hydrogen-bond acceptors (Lipinski definition) is 1. The van der Waals surface area contributed by atoms with Crippen molar-refractivity contribution < 1.29 is 0 Å². The van der Waals surface area contributed by atoms with Gasteiger partial charge in [0, 0.05) is 17.1 Å². The minimum absolute atomic E-state index is 0.255. The van der Waals surface area contributed by atoms with Crippen molar-refractivity contribution in [2.45, 2.75) is 38.8 Å². The molecular formula is C19H22ClN. The molecule has 2 unspecified atom stereocenters. The fraction of sp³-hybridized carbons (Fsp3) is 0.368. The summed E-state index contributed by atoms with van der Waals surface area (Å²) in [7, 11) is 0. The average Bonchev–Trinajstić information content (AvgIpc) is 3.31. The van der Waals surface area contributed by atoms with Crippen LogP contribution in [0.2, 0.25) is 5.02 Å². The molecule has 0 amide bonds. The van der Waals surface area contributed by atoms with E-state index in [1.54, 1.807) is 0 Å². The number of hydrogen-bond donors (Lipinski definition) is 1. The molecule has 0 bridgehead atoms. The molecule has 0 spiro atoms. The summed E-state index contributed by atoms with van der Waals surface area (Å²) in [5.74, 6) is 0.762. The van der Waals surface area contributed by atoms with Gasteiger partial charge in [-0.1, -0.05) is 59.6 Å². The molecule has 1 nitrogen and oxygen atoms in total. The van der Waals surface area contributed by atoms with Gasteiger partial charge in [-0.15, -0.1) is 0 Å². The second kappa shape index (κ2) is 6.21. The zero-order valence-electron chi connectivity index (χ0n) is 12.6. The highest BCUT2D eigenvalue weighted by Crippen LogP contribution is 2.42. The maximum atomic E-state index is 6.32. The van der Waals surface area contributed by atoms with Gasteiger partial charge in [-0.2, -0.15) is 0 Å². The predicted molar refractivity (Wildman–Crippen MR) is 89.6 cm³/mol. The molecule has 0 aliphatic heterocycles. The Hall–Kier alpha value is -1.31. The topological polar surface area (TPSA) is 12.0 Å². The van der Waals surface area contributed by atoms with Crippen LogP contribution < -0.4 is 5.32 Å². The number of aryl methyl sites for hydroxylation is 1. The minimum Gasteiger partial charge on any atom is -0.303 e. The summed E-state index contributed by atoms with van der Waals surface area (Å²) in [4.78, 5) is 0. The Morgan fingerprint density at radius 2 is 1.71 bits per heavy atom. The molecular weight excluding hydrogens is 278 g/mol. The third-order valence-corrected chi connectivity index (χ3v) is 4.68. The molecule has 21 heavy (non-hydrogen) atoms. The van der Waals surface area contributed by atoms with Gasteiger partial charge in [0.05, 0.1) is 0 Å². The largest absolute Gasteiger partial charge is 0.303 e. The summed E-state index contributed by atoms with van der Waals surface area (Å²) in [6.45, 7) is 4.33. The minimum atomic E-state index is 0.255. The summed E-state index contributed by atoms with van der Waals surface area (Å²) in [5.41, 5.74) is 3.88. The fourth-order valence-electron chi connectivity index (χ4n) is 2.89. The van der Waals surface area contributed by atoms with Gasteiger partial charge in [-0.25, -0.2) is 0 Å². The second-order valence-electron chi connectivity index (χ2n) is 6.14. The third-order valence-electron chi connectivity index (χ3n) is 4.33. The predicted octanol–water partition coefficient (Wildman–Crippen LogP) is 5.45. The van der Waals surface area contributed by atoms with Crippen LogP contribution in [0.5, 0.6) is 0 Å². The van der Waals surface area contributed by atoms with Gasteiger partial charge in [-0.3, -0.25) is 0 Å². The van der Waals surface area contributed by atoms with Crippen molar-refractivity contribution in [3.63, 3.8) is 0 Å². The van der Waals surface area contributed by atoms with Crippen LogP contribution in [0.15, 0.2) is 48.5 Å². The van der Waals surface area contributed by atoms with E-state index in [0.717, 1.165) is 10.9 Å². The van der Waals surface area contributed by atoms with E-state index in [0.29, 0.717) is 6.04 Å². The summed E-state index contributed by atoms with van der Waals surface area (Å²) < 4.78 is 0. The van der Waals surface area contributed by atoms with Crippen LogP contribution in [0.25, 0.3) is 0 Å². The van der Waals surface area contributed by atoms with Crippen molar-refractivity contribution in [1.82, 2.24) is 5.32 Å². The van der Waals surface area contributed by atoms with E-state index in [9.17, 15) is 0 Å². The van der Waals surface area contributed by atoms with Gasteiger partial charge in [0.25, 0.3) is 0 Å². The molecule has 1 N–H and O–H groups in total. The second-order valence-corrected chi connectivity index (χ2v) is 6.54. The maximum absolute atomic E-state index is 6.32. The van der Waals surface area contributed by atoms with Gasteiger partial charge >= 0.3 is 0 Å². The van der Waals surface area contributed by atoms with E-state index in [2.05, 4.69) is 55.6 Å². The molecule has 2 aromatic rings. The molecule has 0 radical (unpaired) electrons.